The molecular weight excluding hydrogens is 805 g/mol. The number of furan rings is 2. The van der Waals surface area contributed by atoms with Gasteiger partial charge in [0.15, 0.2) is 11.2 Å². The molecule has 0 spiro atoms. The van der Waals surface area contributed by atoms with Crippen molar-refractivity contribution in [3.63, 3.8) is 0 Å². The number of rotatable bonds is 6. The standard InChI is InChI=1S/C62H52N2O2/c1-37-21-29-41(30-22-37)63(53-19-11-15-45-43-13-9-17-49(61(3,4)5)57(43)65-59(45)53)51-35-27-39-26-34-48-52(36-28-40-25-33-47(51)55(39)56(40)48)64(42-31-23-38(2)24-32-42)54-20-12-16-46-44-14-10-18-50(62(6,7)8)58(44)66-60(46)54/h9-36H,1-8H3. The molecule has 66 heavy (non-hydrogen) atoms. The van der Waals surface area contributed by atoms with E-state index in [0.717, 1.165) is 78.0 Å². The van der Waals surface area contributed by atoms with Gasteiger partial charge in [-0.05, 0) is 94.8 Å². The van der Waals surface area contributed by atoms with E-state index in [0.29, 0.717) is 0 Å². The van der Waals surface area contributed by atoms with Crippen LogP contribution in [0.3, 0.4) is 0 Å². The maximum absolute atomic E-state index is 7.07. The minimum atomic E-state index is -0.0848. The zero-order valence-corrected chi connectivity index (χ0v) is 38.9. The van der Waals surface area contributed by atoms with Crippen LogP contribution in [0.15, 0.2) is 179 Å². The first kappa shape index (κ1) is 40.0. The van der Waals surface area contributed by atoms with Crippen molar-refractivity contribution in [2.24, 2.45) is 0 Å². The molecule has 0 fully saturated rings. The van der Waals surface area contributed by atoms with Crippen LogP contribution in [-0.4, -0.2) is 0 Å². The molecule has 0 saturated heterocycles. The highest BCUT2D eigenvalue weighted by molar-refractivity contribution is 6.29. The highest BCUT2D eigenvalue weighted by Gasteiger charge is 2.28. The first-order chi connectivity index (χ1) is 31.8. The number of aryl methyl sites for hydroxylation is 2. The van der Waals surface area contributed by atoms with Gasteiger partial charge in [-0.3, -0.25) is 0 Å². The Morgan fingerprint density at radius 3 is 1.05 bits per heavy atom. The van der Waals surface area contributed by atoms with E-state index in [-0.39, 0.29) is 10.8 Å². The predicted molar refractivity (Wildman–Crippen MR) is 281 cm³/mol. The lowest BCUT2D eigenvalue weighted by Crippen LogP contribution is -2.12. The van der Waals surface area contributed by atoms with Crippen molar-refractivity contribution in [2.75, 3.05) is 9.80 Å². The van der Waals surface area contributed by atoms with E-state index in [2.05, 4.69) is 235 Å². The van der Waals surface area contributed by atoms with Crippen LogP contribution < -0.4 is 9.80 Å². The van der Waals surface area contributed by atoms with Gasteiger partial charge in [-0.15, -0.1) is 0 Å². The zero-order valence-electron chi connectivity index (χ0n) is 38.9. The molecule has 0 aliphatic rings. The molecule has 0 radical (unpaired) electrons. The zero-order chi connectivity index (χ0) is 45.2. The molecule has 10 aromatic carbocycles. The summed E-state index contributed by atoms with van der Waals surface area (Å²) >= 11 is 0. The lowest BCUT2D eigenvalue weighted by Gasteiger charge is -2.29. The molecule has 2 aromatic heterocycles. The number of hydrogen-bond donors (Lipinski definition) is 0. The molecule has 0 aliphatic carbocycles. The van der Waals surface area contributed by atoms with Crippen molar-refractivity contribution >= 4 is 110 Å². The van der Waals surface area contributed by atoms with Gasteiger partial charge >= 0.3 is 0 Å². The molecule has 0 N–H and O–H groups in total. The fraction of sp³-hybridized carbons (Fsp3) is 0.161. The van der Waals surface area contributed by atoms with E-state index in [4.69, 9.17) is 8.83 Å². The normalized spacial score (nSPS) is 12.5. The summed E-state index contributed by atoms with van der Waals surface area (Å²) in [5.41, 5.74) is 14.6. The Labute approximate surface area is 385 Å². The molecule has 12 rings (SSSR count). The highest BCUT2D eigenvalue weighted by Crippen LogP contribution is 2.51. The van der Waals surface area contributed by atoms with Crippen LogP contribution in [0.4, 0.5) is 34.1 Å². The van der Waals surface area contributed by atoms with Crippen LogP contribution >= 0.6 is 0 Å². The van der Waals surface area contributed by atoms with Crippen LogP contribution in [0.25, 0.3) is 76.2 Å². The third-order valence-corrected chi connectivity index (χ3v) is 13.8. The van der Waals surface area contributed by atoms with E-state index in [1.54, 1.807) is 0 Å². The number of nitrogens with zero attached hydrogens (tertiary/aromatic N) is 2. The van der Waals surface area contributed by atoms with Crippen LogP contribution in [-0.2, 0) is 10.8 Å². The molecule has 0 amide bonds. The third kappa shape index (κ3) is 6.11. The molecule has 322 valence electrons. The van der Waals surface area contributed by atoms with Gasteiger partial charge in [-0.2, -0.15) is 0 Å². The van der Waals surface area contributed by atoms with Gasteiger partial charge in [-0.25, -0.2) is 0 Å². The van der Waals surface area contributed by atoms with Crippen molar-refractivity contribution in [1.82, 2.24) is 0 Å². The summed E-state index contributed by atoms with van der Waals surface area (Å²) in [6, 6.07) is 62.4. The quantitative estimate of drug-likeness (QED) is 0.156. The molecule has 0 bridgehead atoms. The summed E-state index contributed by atoms with van der Waals surface area (Å²) in [6.07, 6.45) is 0. The second-order valence-corrected chi connectivity index (χ2v) is 20.3. The van der Waals surface area contributed by atoms with Crippen LogP contribution in [0.2, 0.25) is 0 Å². The van der Waals surface area contributed by atoms with Crippen molar-refractivity contribution in [3.8, 4) is 0 Å². The Morgan fingerprint density at radius 1 is 0.318 bits per heavy atom. The summed E-state index contributed by atoms with van der Waals surface area (Å²) in [5, 5.41) is 11.7. The van der Waals surface area contributed by atoms with E-state index in [9.17, 15) is 0 Å². The maximum atomic E-state index is 7.07. The molecule has 0 saturated carbocycles. The van der Waals surface area contributed by atoms with Crippen LogP contribution in [0, 0.1) is 13.8 Å². The van der Waals surface area contributed by atoms with Gasteiger partial charge in [0.2, 0.25) is 0 Å². The lowest BCUT2D eigenvalue weighted by atomic mass is 9.86. The van der Waals surface area contributed by atoms with Crippen molar-refractivity contribution in [3.05, 3.63) is 192 Å². The van der Waals surface area contributed by atoms with E-state index in [1.165, 1.54) is 54.6 Å². The number of para-hydroxylation sites is 4. The Morgan fingerprint density at radius 2 is 0.667 bits per heavy atom. The minimum Gasteiger partial charge on any atom is -0.454 e. The first-order valence-electron chi connectivity index (χ1n) is 23.2. The summed E-state index contributed by atoms with van der Waals surface area (Å²) < 4.78 is 14.1. The second-order valence-electron chi connectivity index (χ2n) is 20.3. The molecule has 0 unspecified atom stereocenters. The third-order valence-electron chi connectivity index (χ3n) is 13.8. The van der Waals surface area contributed by atoms with Gasteiger partial charge in [0.05, 0.1) is 22.7 Å². The number of hydrogen-bond acceptors (Lipinski definition) is 4. The molecule has 4 heteroatoms. The van der Waals surface area contributed by atoms with Gasteiger partial charge in [0, 0.05) is 54.8 Å². The maximum Gasteiger partial charge on any atom is 0.159 e. The van der Waals surface area contributed by atoms with Crippen molar-refractivity contribution in [1.29, 1.82) is 0 Å². The fourth-order valence-corrected chi connectivity index (χ4v) is 10.5. The van der Waals surface area contributed by atoms with E-state index in [1.807, 2.05) is 0 Å². The largest absolute Gasteiger partial charge is 0.454 e. The van der Waals surface area contributed by atoms with Gasteiger partial charge in [-0.1, -0.05) is 174 Å². The monoisotopic (exact) mass is 856 g/mol. The van der Waals surface area contributed by atoms with Gasteiger partial charge in [0.1, 0.15) is 11.2 Å². The summed E-state index contributed by atoms with van der Waals surface area (Å²) in [6.45, 7) is 17.8. The van der Waals surface area contributed by atoms with E-state index >= 15 is 0 Å². The topological polar surface area (TPSA) is 32.8 Å². The predicted octanol–water partition coefficient (Wildman–Crippen LogP) is 18.5. The highest BCUT2D eigenvalue weighted by atomic mass is 16.3. The summed E-state index contributed by atoms with van der Waals surface area (Å²) in [4.78, 5) is 4.81. The second kappa shape index (κ2) is 14.5. The molecule has 2 heterocycles. The Balaban J connectivity index is 1.12. The summed E-state index contributed by atoms with van der Waals surface area (Å²) in [5.74, 6) is 0. The molecule has 0 atom stereocenters. The lowest BCUT2D eigenvalue weighted by molar-refractivity contribution is 0.572. The average Bonchev–Trinajstić information content (AvgIpc) is 3.89. The number of fused-ring (bicyclic) bond motifs is 6. The first-order valence-corrected chi connectivity index (χ1v) is 23.2. The van der Waals surface area contributed by atoms with E-state index < -0.39 is 0 Å². The van der Waals surface area contributed by atoms with Gasteiger partial charge < -0.3 is 18.6 Å². The van der Waals surface area contributed by atoms with Crippen LogP contribution in [0.5, 0.6) is 0 Å². The fourth-order valence-electron chi connectivity index (χ4n) is 10.5. The number of benzene rings is 10. The molecular formula is C62H52N2O2. The SMILES string of the molecule is Cc1ccc(N(c2ccc3ccc4c(N(c5ccc(C)cc5)c5cccc6c5oc5c(C(C)(C)C)cccc56)ccc5ccc2c3c54)c2cccc3c2oc2c(C(C)(C)C)cccc23)cc1. The smallest absolute Gasteiger partial charge is 0.159 e. The molecule has 4 nitrogen and oxygen atoms in total. The minimum absolute atomic E-state index is 0.0848. The molecule has 12 aromatic rings. The number of anilines is 6. The average molecular weight is 857 g/mol. The van der Waals surface area contributed by atoms with Crippen molar-refractivity contribution in [2.45, 2.75) is 66.2 Å². The Bertz CT molecular complexity index is 3600. The van der Waals surface area contributed by atoms with Crippen molar-refractivity contribution < 1.29 is 8.83 Å². The molecule has 0 aliphatic heterocycles. The van der Waals surface area contributed by atoms with Gasteiger partial charge in [0.25, 0.3) is 0 Å². The summed E-state index contributed by atoms with van der Waals surface area (Å²) in [7, 11) is 0. The van der Waals surface area contributed by atoms with Crippen LogP contribution in [0.1, 0.15) is 63.8 Å². The Kier molecular flexibility index (Phi) is 8.77. The Hall–Kier alpha value is -7.56.